The summed E-state index contributed by atoms with van der Waals surface area (Å²) >= 11 is 0. The van der Waals surface area contributed by atoms with Crippen LogP contribution >= 0.6 is 0 Å². The van der Waals surface area contributed by atoms with Gasteiger partial charge in [-0.1, -0.05) is 0 Å². The minimum absolute atomic E-state index is 0.189. The molecule has 6 nitrogen and oxygen atoms in total. The Bertz CT molecular complexity index is 555. The van der Waals surface area contributed by atoms with E-state index in [2.05, 4.69) is 4.72 Å². The molecule has 1 rings (SSSR count). The number of amides is 1. The maximum Gasteiger partial charge on any atom is 0.240 e. The van der Waals surface area contributed by atoms with Crippen molar-refractivity contribution in [3.8, 4) is 0 Å². The SMILES string of the molecule is Cc1cc(S(=O)(=O)NCCCCC(N)=O)ccc1N. The van der Waals surface area contributed by atoms with E-state index in [0.29, 0.717) is 18.5 Å². The van der Waals surface area contributed by atoms with Crippen LogP contribution < -0.4 is 16.2 Å². The normalized spacial score (nSPS) is 11.4. The van der Waals surface area contributed by atoms with Gasteiger partial charge in [0.2, 0.25) is 15.9 Å². The quantitative estimate of drug-likeness (QED) is 0.500. The molecule has 1 aromatic carbocycles. The molecule has 7 heteroatoms. The molecule has 0 atom stereocenters. The van der Waals surface area contributed by atoms with E-state index in [1.54, 1.807) is 13.0 Å². The van der Waals surface area contributed by atoms with E-state index in [-0.39, 0.29) is 23.8 Å². The molecule has 0 saturated carbocycles. The summed E-state index contributed by atoms with van der Waals surface area (Å²) in [6.45, 7) is 2.03. The zero-order valence-corrected chi connectivity index (χ0v) is 11.7. The van der Waals surface area contributed by atoms with Crippen LogP contribution in [0.4, 0.5) is 5.69 Å². The van der Waals surface area contributed by atoms with Gasteiger partial charge in [0, 0.05) is 18.7 Å². The number of sulfonamides is 1. The molecule has 0 radical (unpaired) electrons. The number of hydrogen-bond donors (Lipinski definition) is 3. The molecule has 0 unspecified atom stereocenters. The Morgan fingerprint density at radius 2 is 2.00 bits per heavy atom. The Morgan fingerprint density at radius 3 is 2.58 bits per heavy atom. The van der Waals surface area contributed by atoms with Crippen LogP contribution in [0, 0.1) is 6.92 Å². The first-order valence-electron chi connectivity index (χ1n) is 5.97. The fourth-order valence-corrected chi connectivity index (χ4v) is 2.69. The highest BCUT2D eigenvalue weighted by molar-refractivity contribution is 7.89. The smallest absolute Gasteiger partial charge is 0.240 e. The van der Waals surface area contributed by atoms with E-state index in [4.69, 9.17) is 11.5 Å². The third kappa shape index (κ3) is 4.88. The van der Waals surface area contributed by atoms with Crippen LogP contribution in [0.5, 0.6) is 0 Å². The number of primary amides is 1. The van der Waals surface area contributed by atoms with Crippen molar-refractivity contribution in [1.29, 1.82) is 0 Å². The number of carbonyl (C=O) groups is 1. The molecular weight excluding hydrogens is 266 g/mol. The van der Waals surface area contributed by atoms with Gasteiger partial charge in [-0.2, -0.15) is 0 Å². The topological polar surface area (TPSA) is 115 Å². The number of rotatable bonds is 7. The second-order valence-corrected chi connectivity index (χ2v) is 6.11. The first-order valence-corrected chi connectivity index (χ1v) is 7.45. The molecule has 0 saturated heterocycles. The van der Waals surface area contributed by atoms with Gasteiger partial charge in [0.05, 0.1) is 4.90 Å². The van der Waals surface area contributed by atoms with Crippen molar-refractivity contribution in [3.63, 3.8) is 0 Å². The van der Waals surface area contributed by atoms with Crippen molar-refractivity contribution in [2.45, 2.75) is 31.1 Å². The van der Waals surface area contributed by atoms with Gasteiger partial charge in [0.1, 0.15) is 0 Å². The lowest BCUT2D eigenvalue weighted by molar-refractivity contribution is -0.118. The number of unbranched alkanes of at least 4 members (excludes halogenated alkanes) is 1. The molecule has 0 spiro atoms. The van der Waals surface area contributed by atoms with Crippen LogP contribution in [-0.2, 0) is 14.8 Å². The Balaban J connectivity index is 2.56. The first-order chi connectivity index (χ1) is 8.83. The maximum absolute atomic E-state index is 11.9. The Kier molecular flexibility index (Phi) is 5.31. The third-order valence-corrected chi connectivity index (χ3v) is 4.15. The number of nitrogen functional groups attached to an aromatic ring is 1. The number of carbonyl (C=O) groups excluding carboxylic acids is 1. The van der Waals surface area contributed by atoms with Crippen LogP contribution in [-0.4, -0.2) is 20.9 Å². The van der Waals surface area contributed by atoms with Gasteiger partial charge in [0.25, 0.3) is 0 Å². The minimum atomic E-state index is -3.52. The Labute approximate surface area is 113 Å². The minimum Gasteiger partial charge on any atom is -0.399 e. The monoisotopic (exact) mass is 285 g/mol. The van der Waals surface area contributed by atoms with Crippen LogP contribution in [0.1, 0.15) is 24.8 Å². The van der Waals surface area contributed by atoms with Gasteiger partial charge in [-0.05, 0) is 43.5 Å². The summed E-state index contributed by atoms with van der Waals surface area (Å²) in [4.78, 5) is 10.7. The molecule has 0 fully saturated rings. The average Bonchev–Trinajstić information content (AvgIpc) is 2.31. The molecule has 1 aromatic rings. The van der Waals surface area contributed by atoms with Gasteiger partial charge in [-0.15, -0.1) is 0 Å². The molecule has 0 aliphatic heterocycles. The van der Waals surface area contributed by atoms with Gasteiger partial charge >= 0.3 is 0 Å². The summed E-state index contributed by atoms with van der Waals surface area (Å²) < 4.78 is 26.4. The summed E-state index contributed by atoms with van der Waals surface area (Å²) in [6, 6.07) is 4.56. The van der Waals surface area contributed by atoms with Crippen LogP contribution in [0.3, 0.4) is 0 Å². The standard InChI is InChI=1S/C12H19N3O3S/c1-9-8-10(5-6-11(9)13)19(17,18)15-7-3-2-4-12(14)16/h5-6,8,15H,2-4,7,13H2,1H3,(H2,14,16). The Morgan fingerprint density at radius 1 is 1.32 bits per heavy atom. The molecule has 0 bridgehead atoms. The van der Waals surface area contributed by atoms with Gasteiger partial charge in [0.15, 0.2) is 0 Å². The fourth-order valence-electron chi connectivity index (χ4n) is 1.53. The third-order valence-electron chi connectivity index (χ3n) is 2.69. The number of anilines is 1. The molecule has 1 amide bonds. The number of aryl methyl sites for hydroxylation is 1. The number of benzene rings is 1. The molecular formula is C12H19N3O3S. The second-order valence-electron chi connectivity index (χ2n) is 4.34. The zero-order chi connectivity index (χ0) is 14.5. The molecule has 0 aromatic heterocycles. The molecule has 5 N–H and O–H groups in total. The summed E-state index contributed by atoms with van der Waals surface area (Å²) in [6.07, 6.45) is 1.40. The van der Waals surface area contributed by atoms with Crippen molar-refractivity contribution in [2.24, 2.45) is 5.73 Å². The molecule has 0 heterocycles. The second kappa shape index (κ2) is 6.53. The van der Waals surface area contributed by atoms with Crippen molar-refractivity contribution in [3.05, 3.63) is 23.8 Å². The highest BCUT2D eigenvalue weighted by Crippen LogP contribution is 2.16. The van der Waals surface area contributed by atoms with E-state index in [9.17, 15) is 13.2 Å². The van der Waals surface area contributed by atoms with E-state index in [1.807, 2.05) is 0 Å². The highest BCUT2D eigenvalue weighted by Gasteiger charge is 2.13. The predicted molar refractivity (Wildman–Crippen MR) is 73.8 cm³/mol. The molecule has 106 valence electrons. The molecule has 0 aliphatic rings. The first kappa shape index (κ1) is 15.5. The van der Waals surface area contributed by atoms with E-state index in [0.717, 1.165) is 5.56 Å². The summed E-state index contributed by atoms with van der Waals surface area (Å²) in [5, 5.41) is 0. The zero-order valence-electron chi connectivity index (χ0n) is 10.8. The van der Waals surface area contributed by atoms with E-state index < -0.39 is 10.0 Å². The van der Waals surface area contributed by atoms with Gasteiger partial charge in [-0.25, -0.2) is 13.1 Å². The van der Waals surface area contributed by atoms with Crippen molar-refractivity contribution >= 4 is 21.6 Å². The van der Waals surface area contributed by atoms with Crippen molar-refractivity contribution in [1.82, 2.24) is 4.72 Å². The summed E-state index contributed by atoms with van der Waals surface area (Å²) in [5.74, 6) is -0.378. The lowest BCUT2D eigenvalue weighted by atomic mass is 10.2. The van der Waals surface area contributed by atoms with Gasteiger partial charge in [-0.3, -0.25) is 4.79 Å². The van der Waals surface area contributed by atoms with Crippen molar-refractivity contribution < 1.29 is 13.2 Å². The van der Waals surface area contributed by atoms with E-state index >= 15 is 0 Å². The van der Waals surface area contributed by atoms with Gasteiger partial charge < -0.3 is 11.5 Å². The number of nitrogens with two attached hydrogens (primary N) is 2. The van der Waals surface area contributed by atoms with E-state index in [1.165, 1.54) is 12.1 Å². The van der Waals surface area contributed by atoms with Crippen LogP contribution in [0.25, 0.3) is 0 Å². The van der Waals surface area contributed by atoms with Crippen LogP contribution in [0.15, 0.2) is 23.1 Å². The van der Waals surface area contributed by atoms with Crippen molar-refractivity contribution in [2.75, 3.05) is 12.3 Å². The lowest BCUT2D eigenvalue weighted by Gasteiger charge is -2.08. The average molecular weight is 285 g/mol. The Hall–Kier alpha value is -1.60. The predicted octanol–water partition coefficient (Wildman–Crippen LogP) is 0.511. The largest absolute Gasteiger partial charge is 0.399 e. The highest BCUT2D eigenvalue weighted by atomic mass is 32.2. The van der Waals surface area contributed by atoms with Crippen LogP contribution in [0.2, 0.25) is 0 Å². The number of hydrogen-bond acceptors (Lipinski definition) is 4. The fraction of sp³-hybridized carbons (Fsp3) is 0.417. The summed E-state index contributed by atoms with van der Waals surface area (Å²) in [5.41, 5.74) is 11.9. The lowest BCUT2D eigenvalue weighted by Crippen LogP contribution is -2.25. The maximum atomic E-state index is 11.9. The summed E-state index contributed by atoms with van der Waals surface area (Å²) in [7, 11) is -3.52. The molecule has 19 heavy (non-hydrogen) atoms. The molecule has 0 aliphatic carbocycles. The number of nitrogens with one attached hydrogen (secondary N) is 1.